The molecule has 0 aliphatic rings. The van der Waals surface area contributed by atoms with E-state index in [0.29, 0.717) is 0 Å². The molecule has 0 unspecified atom stereocenters. The molecule has 0 amide bonds. The monoisotopic (exact) mass is 293 g/mol. The van der Waals surface area contributed by atoms with Crippen molar-refractivity contribution in [2.24, 2.45) is 0 Å². The van der Waals surface area contributed by atoms with Crippen LogP contribution in [-0.2, 0) is 0 Å². The zero-order valence-electron chi connectivity index (χ0n) is 14.4. The van der Waals surface area contributed by atoms with E-state index in [1.807, 2.05) is 34.0 Å². The van der Waals surface area contributed by atoms with Gasteiger partial charge in [-0.3, -0.25) is 0 Å². The molecule has 0 atom stereocenters. The van der Waals surface area contributed by atoms with Crippen molar-refractivity contribution in [1.82, 2.24) is 0 Å². The molecule has 114 valence electrons. The zero-order valence-corrected chi connectivity index (χ0v) is 15.3. The Morgan fingerprint density at radius 3 is 2.20 bits per heavy atom. The summed E-state index contributed by atoms with van der Waals surface area (Å²) < 4.78 is 0. The number of anilines is 1. The largest absolute Gasteiger partial charge is 0.351 e. The van der Waals surface area contributed by atoms with Crippen LogP contribution in [0.15, 0.2) is 47.5 Å². The van der Waals surface area contributed by atoms with Crippen LogP contribution in [0, 0.1) is 6.92 Å². The van der Waals surface area contributed by atoms with Gasteiger partial charge in [0, 0.05) is 23.8 Å². The maximum Gasteiger partial charge on any atom is 0.0406 e. The average Bonchev–Trinajstić information content (AvgIpc) is 2.50. The molecule has 0 saturated carbocycles. The first-order valence-electron chi connectivity index (χ1n) is 7.25. The SMILES string of the molecule is C=C(SC)/C(C)=C\N(C)c1cccc(C)c1.CC.CC. The number of hydrogen-bond acceptors (Lipinski definition) is 2. The Bertz CT molecular complexity index is 408. The Morgan fingerprint density at radius 1 is 1.20 bits per heavy atom. The van der Waals surface area contributed by atoms with Crippen LogP contribution in [-0.4, -0.2) is 13.3 Å². The summed E-state index contributed by atoms with van der Waals surface area (Å²) >= 11 is 1.68. The average molecular weight is 294 g/mol. The Kier molecular flexibility index (Phi) is 13.6. The van der Waals surface area contributed by atoms with Gasteiger partial charge >= 0.3 is 0 Å². The van der Waals surface area contributed by atoms with Gasteiger partial charge in [-0.05, 0) is 43.4 Å². The van der Waals surface area contributed by atoms with E-state index in [1.54, 1.807) is 11.8 Å². The highest BCUT2D eigenvalue weighted by Gasteiger charge is 2.00. The standard InChI is InChI=1S/C14H19NS.2C2H6/c1-11-7-6-8-14(9-11)15(4)10-12(2)13(3)16-5;2*1-2/h6-10H,3H2,1-2,4-5H3;2*1-2H3/b12-10-;;. The van der Waals surface area contributed by atoms with Crippen molar-refractivity contribution in [3.05, 3.63) is 53.1 Å². The molecule has 2 heteroatoms. The van der Waals surface area contributed by atoms with Crippen molar-refractivity contribution in [3.63, 3.8) is 0 Å². The first kappa shape index (κ1) is 21.2. The molecule has 0 N–H and O–H groups in total. The Hall–Kier alpha value is -1.15. The summed E-state index contributed by atoms with van der Waals surface area (Å²) in [5.41, 5.74) is 3.68. The number of aryl methyl sites for hydroxylation is 1. The summed E-state index contributed by atoms with van der Waals surface area (Å²) in [5, 5.41) is 0. The topological polar surface area (TPSA) is 3.24 Å². The maximum absolute atomic E-state index is 4.01. The number of hydrogen-bond donors (Lipinski definition) is 0. The molecule has 1 aromatic rings. The number of rotatable bonds is 4. The fourth-order valence-corrected chi connectivity index (χ4v) is 1.82. The number of nitrogens with zero attached hydrogens (tertiary/aromatic N) is 1. The van der Waals surface area contributed by atoms with Crippen LogP contribution in [0.2, 0.25) is 0 Å². The molecule has 0 aliphatic heterocycles. The summed E-state index contributed by atoms with van der Waals surface area (Å²) in [4.78, 5) is 3.24. The first-order chi connectivity index (χ1) is 9.54. The molecule has 0 aliphatic carbocycles. The van der Waals surface area contributed by atoms with Crippen molar-refractivity contribution in [3.8, 4) is 0 Å². The van der Waals surface area contributed by atoms with Crippen LogP contribution in [0.4, 0.5) is 5.69 Å². The minimum Gasteiger partial charge on any atom is -0.351 e. The smallest absolute Gasteiger partial charge is 0.0406 e. The van der Waals surface area contributed by atoms with E-state index in [1.165, 1.54) is 16.8 Å². The highest BCUT2D eigenvalue weighted by Crippen LogP contribution is 2.21. The molecule has 0 bridgehead atoms. The second-order valence-electron chi connectivity index (χ2n) is 3.89. The fraction of sp³-hybridized carbons (Fsp3) is 0.444. The van der Waals surface area contributed by atoms with Gasteiger partial charge in [0.15, 0.2) is 0 Å². The molecule has 1 aromatic carbocycles. The summed E-state index contributed by atoms with van der Waals surface area (Å²) in [5.74, 6) is 0. The molecule has 0 fully saturated rings. The van der Waals surface area contributed by atoms with Crippen molar-refractivity contribution in [2.75, 3.05) is 18.2 Å². The molecule has 0 saturated heterocycles. The van der Waals surface area contributed by atoms with Gasteiger partial charge in [0.05, 0.1) is 0 Å². The summed E-state index contributed by atoms with van der Waals surface area (Å²) in [6, 6.07) is 8.47. The van der Waals surface area contributed by atoms with Gasteiger partial charge in [0.25, 0.3) is 0 Å². The lowest BCUT2D eigenvalue weighted by Crippen LogP contribution is -2.09. The van der Waals surface area contributed by atoms with Crippen LogP contribution in [0.5, 0.6) is 0 Å². The molecule has 0 spiro atoms. The molecule has 20 heavy (non-hydrogen) atoms. The number of benzene rings is 1. The summed E-state index contributed by atoms with van der Waals surface area (Å²) in [7, 11) is 2.06. The lowest BCUT2D eigenvalue weighted by atomic mass is 10.2. The highest BCUT2D eigenvalue weighted by molar-refractivity contribution is 8.02. The number of allylic oxidation sites excluding steroid dienone is 1. The van der Waals surface area contributed by atoms with Crippen LogP contribution in [0.25, 0.3) is 0 Å². The van der Waals surface area contributed by atoms with E-state index in [0.717, 1.165) is 4.91 Å². The normalized spacial score (nSPS) is 9.70. The molecule has 1 rings (SSSR count). The second kappa shape index (κ2) is 12.9. The fourth-order valence-electron chi connectivity index (χ4n) is 1.45. The quantitative estimate of drug-likeness (QED) is 0.602. The molecule has 0 aromatic heterocycles. The Morgan fingerprint density at radius 2 is 1.75 bits per heavy atom. The zero-order chi connectivity index (χ0) is 16.1. The highest BCUT2D eigenvalue weighted by atomic mass is 32.2. The van der Waals surface area contributed by atoms with Gasteiger partial charge in [0.1, 0.15) is 0 Å². The van der Waals surface area contributed by atoms with Crippen molar-refractivity contribution in [1.29, 1.82) is 0 Å². The van der Waals surface area contributed by atoms with Crippen molar-refractivity contribution >= 4 is 17.4 Å². The van der Waals surface area contributed by atoms with Crippen LogP contribution < -0.4 is 4.90 Å². The summed E-state index contributed by atoms with van der Waals surface area (Å²) in [6.07, 6.45) is 4.17. The van der Waals surface area contributed by atoms with Crippen LogP contribution >= 0.6 is 11.8 Å². The third-order valence-corrected chi connectivity index (χ3v) is 3.30. The predicted molar refractivity (Wildman–Crippen MR) is 98.7 cm³/mol. The van der Waals surface area contributed by atoms with Gasteiger partial charge in [-0.2, -0.15) is 0 Å². The van der Waals surface area contributed by atoms with E-state index in [9.17, 15) is 0 Å². The van der Waals surface area contributed by atoms with Gasteiger partial charge in [-0.15, -0.1) is 11.8 Å². The van der Waals surface area contributed by atoms with Gasteiger partial charge in [-0.1, -0.05) is 46.4 Å². The lowest BCUT2D eigenvalue weighted by Gasteiger charge is -2.16. The predicted octanol–water partition coefficient (Wildman–Crippen LogP) is 6.26. The van der Waals surface area contributed by atoms with E-state index in [-0.39, 0.29) is 0 Å². The van der Waals surface area contributed by atoms with Crippen molar-refractivity contribution < 1.29 is 0 Å². The Balaban J connectivity index is 0. The van der Waals surface area contributed by atoms with Gasteiger partial charge in [-0.25, -0.2) is 0 Å². The van der Waals surface area contributed by atoms with Crippen LogP contribution in [0.1, 0.15) is 40.2 Å². The maximum atomic E-state index is 4.01. The van der Waals surface area contributed by atoms with Crippen LogP contribution in [0.3, 0.4) is 0 Å². The number of thioether (sulfide) groups is 1. The lowest BCUT2D eigenvalue weighted by molar-refractivity contribution is 1.17. The second-order valence-corrected chi connectivity index (χ2v) is 4.79. The van der Waals surface area contributed by atoms with Gasteiger partial charge < -0.3 is 4.90 Å². The molecule has 0 heterocycles. The minimum atomic E-state index is 1.11. The van der Waals surface area contributed by atoms with E-state index < -0.39 is 0 Å². The third kappa shape index (κ3) is 8.11. The summed E-state index contributed by atoms with van der Waals surface area (Å²) in [6.45, 7) is 16.2. The van der Waals surface area contributed by atoms with Crippen molar-refractivity contribution in [2.45, 2.75) is 41.5 Å². The first-order valence-corrected chi connectivity index (χ1v) is 8.48. The Labute approximate surface area is 130 Å². The van der Waals surface area contributed by atoms with E-state index in [4.69, 9.17) is 0 Å². The van der Waals surface area contributed by atoms with E-state index >= 15 is 0 Å². The molecular weight excluding hydrogens is 262 g/mol. The third-order valence-electron chi connectivity index (χ3n) is 2.48. The molecular formula is C18H31NS. The van der Waals surface area contributed by atoms with E-state index in [2.05, 4.69) is 62.8 Å². The minimum absolute atomic E-state index is 1.11. The molecule has 1 nitrogen and oxygen atoms in total. The molecule has 0 radical (unpaired) electrons. The van der Waals surface area contributed by atoms with Gasteiger partial charge in [0.2, 0.25) is 0 Å².